The van der Waals surface area contributed by atoms with Crippen LogP contribution in [0.2, 0.25) is 5.02 Å². The highest BCUT2D eigenvalue weighted by atomic mass is 35.5. The summed E-state index contributed by atoms with van der Waals surface area (Å²) in [6.07, 6.45) is 1.71. The van der Waals surface area contributed by atoms with Crippen LogP contribution in [0.4, 0.5) is 0 Å². The Balaban J connectivity index is 2.10. The lowest BCUT2D eigenvalue weighted by molar-refractivity contribution is 0.0957. The molecule has 4 nitrogen and oxygen atoms in total. The van der Waals surface area contributed by atoms with Crippen LogP contribution in [0.3, 0.4) is 0 Å². The molecule has 0 aromatic carbocycles. The molecule has 0 bridgehead atoms. The van der Waals surface area contributed by atoms with Gasteiger partial charge in [-0.25, -0.2) is 10.8 Å². The number of aromatic nitrogens is 1. The van der Waals surface area contributed by atoms with E-state index in [0.29, 0.717) is 9.90 Å². The van der Waals surface area contributed by atoms with Crippen LogP contribution in [-0.2, 0) is 5.75 Å². The molecule has 7 heteroatoms. The second kappa shape index (κ2) is 6.38. The van der Waals surface area contributed by atoms with Crippen molar-refractivity contribution in [3.05, 3.63) is 44.7 Å². The van der Waals surface area contributed by atoms with Gasteiger partial charge in [0.25, 0.3) is 5.91 Å². The number of carbonyl (C=O) groups excluding carboxylic acids is 1. The molecule has 0 radical (unpaired) electrons. The van der Waals surface area contributed by atoms with Gasteiger partial charge in [0, 0.05) is 16.8 Å². The van der Waals surface area contributed by atoms with Gasteiger partial charge in [-0.15, -0.1) is 23.1 Å². The maximum Gasteiger partial charge on any atom is 0.275 e. The van der Waals surface area contributed by atoms with E-state index in [1.165, 1.54) is 11.3 Å². The average molecular weight is 314 g/mol. The second-order valence-electron chi connectivity index (χ2n) is 3.74. The molecular weight excluding hydrogens is 302 g/mol. The van der Waals surface area contributed by atoms with Crippen molar-refractivity contribution in [2.24, 2.45) is 5.84 Å². The van der Waals surface area contributed by atoms with Crippen LogP contribution < -0.4 is 11.3 Å². The van der Waals surface area contributed by atoms with Crippen LogP contribution in [0.1, 0.15) is 20.1 Å². The summed E-state index contributed by atoms with van der Waals surface area (Å²) < 4.78 is 0. The zero-order chi connectivity index (χ0) is 13.8. The van der Waals surface area contributed by atoms with Crippen molar-refractivity contribution < 1.29 is 4.79 Å². The Morgan fingerprint density at radius 3 is 3.11 bits per heavy atom. The van der Waals surface area contributed by atoms with Crippen molar-refractivity contribution in [2.75, 3.05) is 0 Å². The molecule has 0 aliphatic carbocycles. The van der Waals surface area contributed by atoms with Crippen LogP contribution in [0.25, 0.3) is 0 Å². The van der Waals surface area contributed by atoms with E-state index < -0.39 is 0 Å². The molecule has 19 heavy (non-hydrogen) atoms. The molecular formula is C12H12ClN3OS2. The molecule has 0 saturated heterocycles. The van der Waals surface area contributed by atoms with Crippen LogP contribution in [0.5, 0.6) is 0 Å². The second-order valence-corrected chi connectivity index (χ2v) is 6.37. The van der Waals surface area contributed by atoms with Crippen molar-refractivity contribution >= 4 is 40.6 Å². The topological polar surface area (TPSA) is 68.0 Å². The van der Waals surface area contributed by atoms with Crippen molar-refractivity contribution in [3.8, 4) is 0 Å². The molecule has 2 aromatic rings. The summed E-state index contributed by atoms with van der Waals surface area (Å²) in [6, 6.07) is 5.46. The third kappa shape index (κ3) is 3.48. The number of pyridine rings is 1. The number of nitrogens with one attached hydrogen (secondary N) is 1. The van der Waals surface area contributed by atoms with E-state index in [4.69, 9.17) is 17.4 Å². The first kappa shape index (κ1) is 14.3. The Bertz CT molecular complexity index is 600. The maximum absolute atomic E-state index is 11.4. The number of thioether (sulfide) groups is 1. The quantitative estimate of drug-likeness (QED) is 0.394. The minimum Gasteiger partial charge on any atom is -0.289 e. The molecule has 0 saturated carbocycles. The fraction of sp³-hybridized carbons (Fsp3) is 0.167. The van der Waals surface area contributed by atoms with E-state index in [9.17, 15) is 4.79 Å². The number of rotatable bonds is 4. The van der Waals surface area contributed by atoms with Crippen molar-refractivity contribution in [3.63, 3.8) is 0 Å². The molecule has 1 amide bonds. The molecule has 0 fully saturated rings. The third-order valence-electron chi connectivity index (χ3n) is 2.46. The van der Waals surface area contributed by atoms with Gasteiger partial charge in [-0.2, -0.15) is 0 Å². The lowest BCUT2D eigenvalue weighted by atomic mass is 10.3. The van der Waals surface area contributed by atoms with Gasteiger partial charge < -0.3 is 0 Å². The highest BCUT2D eigenvalue weighted by Gasteiger charge is 2.12. The number of amides is 1. The van der Waals surface area contributed by atoms with Gasteiger partial charge in [0.15, 0.2) is 0 Å². The first-order chi connectivity index (χ1) is 9.11. The van der Waals surface area contributed by atoms with E-state index in [2.05, 4.69) is 10.4 Å². The first-order valence-corrected chi connectivity index (χ1v) is 7.63. The summed E-state index contributed by atoms with van der Waals surface area (Å²) in [5, 5.41) is 1.43. The zero-order valence-corrected chi connectivity index (χ0v) is 12.5. The van der Waals surface area contributed by atoms with Crippen molar-refractivity contribution in [1.29, 1.82) is 0 Å². The van der Waals surface area contributed by atoms with Gasteiger partial charge in [-0.3, -0.25) is 10.2 Å². The number of carbonyl (C=O) groups is 1. The smallest absolute Gasteiger partial charge is 0.275 e. The molecule has 2 heterocycles. The molecule has 2 aromatic heterocycles. The SMILES string of the molecule is Cc1sc(C(=O)NN)cc1CSc1ncccc1Cl. The molecule has 0 spiro atoms. The highest BCUT2D eigenvalue weighted by Crippen LogP contribution is 2.31. The van der Waals surface area contributed by atoms with Gasteiger partial charge >= 0.3 is 0 Å². The summed E-state index contributed by atoms with van der Waals surface area (Å²) in [7, 11) is 0. The van der Waals surface area contributed by atoms with Crippen LogP contribution in [0, 0.1) is 6.92 Å². The maximum atomic E-state index is 11.4. The normalized spacial score (nSPS) is 10.5. The van der Waals surface area contributed by atoms with E-state index in [1.54, 1.807) is 24.0 Å². The average Bonchev–Trinajstić information content (AvgIpc) is 2.78. The van der Waals surface area contributed by atoms with E-state index >= 15 is 0 Å². The Morgan fingerprint density at radius 2 is 2.42 bits per heavy atom. The summed E-state index contributed by atoms with van der Waals surface area (Å²) in [4.78, 5) is 17.4. The molecule has 0 aliphatic heterocycles. The molecule has 2 rings (SSSR count). The van der Waals surface area contributed by atoms with Crippen LogP contribution in [-0.4, -0.2) is 10.9 Å². The Morgan fingerprint density at radius 1 is 1.63 bits per heavy atom. The number of nitrogen functional groups attached to an aromatic ring is 1. The van der Waals surface area contributed by atoms with E-state index in [1.807, 2.05) is 19.1 Å². The minimum absolute atomic E-state index is 0.264. The lowest BCUT2D eigenvalue weighted by Gasteiger charge is -2.02. The molecule has 0 atom stereocenters. The number of aryl methyl sites for hydroxylation is 1. The van der Waals surface area contributed by atoms with Gasteiger partial charge in [0.05, 0.1) is 9.90 Å². The predicted molar refractivity (Wildman–Crippen MR) is 79.5 cm³/mol. The Kier molecular flexibility index (Phi) is 4.81. The summed E-state index contributed by atoms with van der Waals surface area (Å²) >= 11 is 9.02. The Hall–Kier alpha value is -1.08. The summed E-state index contributed by atoms with van der Waals surface area (Å²) in [6.45, 7) is 1.98. The zero-order valence-electron chi connectivity index (χ0n) is 10.1. The largest absolute Gasteiger partial charge is 0.289 e. The molecule has 3 N–H and O–H groups in total. The van der Waals surface area contributed by atoms with Crippen molar-refractivity contribution in [1.82, 2.24) is 10.4 Å². The molecule has 0 aliphatic rings. The summed E-state index contributed by atoms with van der Waals surface area (Å²) in [5.74, 6) is 5.58. The number of nitrogens with zero attached hydrogens (tertiary/aromatic N) is 1. The molecule has 100 valence electrons. The molecule has 0 unspecified atom stereocenters. The predicted octanol–water partition coefficient (Wildman–Crippen LogP) is 3.00. The highest BCUT2D eigenvalue weighted by molar-refractivity contribution is 7.98. The number of halogens is 1. The first-order valence-electron chi connectivity index (χ1n) is 5.45. The lowest BCUT2D eigenvalue weighted by Crippen LogP contribution is -2.29. The number of thiophene rings is 1. The van der Waals surface area contributed by atoms with Crippen molar-refractivity contribution in [2.45, 2.75) is 17.7 Å². The fourth-order valence-corrected chi connectivity index (χ4v) is 3.72. The summed E-state index contributed by atoms with van der Waals surface area (Å²) in [5.41, 5.74) is 3.23. The van der Waals surface area contributed by atoms with E-state index in [0.717, 1.165) is 21.2 Å². The van der Waals surface area contributed by atoms with Crippen LogP contribution in [0.15, 0.2) is 29.4 Å². The standard InChI is InChI=1S/C12H12ClN3OS2/c1-7-8(5-10(19-7)11(17)16-14)6-18-12-9(13)3-2-4-15-12/h2-5H,6,14H2,1H3,(H,16,17). The van der Waals surface area contributed by atoms with E-state index in [-0.39, 0.29) is 5.91 Å². The number of hydrazine groups is 1. The van der Waals surface area contributed by atoms with Gasteiger partial charge in [-0.05, 0) is 30.7 Å². The van der Waals surface area contributed by atoms with Gasteiger partial charge in [0.1, 0.15) is 5.03 Å². The fourth-order valence-electron chi connectivity index (χ4n) is 1.47. The number of hydrogen-bond acceptors (Lipinski definition) is 5. The van der Waals surface area contributed by atoms with Crippen LogP contribution >= 0.6 is 34.7 Å². The number of hydrogen-bond donors (Lipinski definition) is 2. The van der Waals surface area contributed by atoms with Gasteiger partial charge in [0.2, 0.25) is 0 Å². The van der Waals surface area contributed by atoms with Gasteiger partial charge in [-0.1, -0.05) is 11.6 Å². The monoisotopic (exact) mass is 313 g/mol. The Labute approximate surface area is 124 Å². The number of nitrogens with two attached hydrogens (primary N) is 1. The third-order valence-corrected chi connectivity index (χ3v) is 5.03. The minimum atomic E-state index is -0.264.